The number of rotatable bonds is 5. The van der Waals surface area contributed by atoms with Crippen LogP contribution in [0.2, 0.25) is 0 Å². The monoisotopic (exact) mass is 282 g/mol. The van der Waals surface area contributed by atoms with Gasteiger partial charge in [0.25, 0.3) is 0 Å². The number of ether oxygens (including phenoxy) is 1. The van der Waals surface area contributed by atoms with Crippen molar-refractivity contribution in [3.63, 3.8) is 0 Å². The van der Waals surface area contributed by atoms with Crippen molar-refractivity contribution in [3.05, 3.63) is 60.2 Å². The number of benzene rings is 2. The van der Waals surface area contributed by atoms with Crippen molar-refractivity contribution in [2.45, 2.75) is 18.9 Å². The average molecular weight is 282 g/mol. The number of phenols is 2. The molecule has 3 heteroatoms. The lowest BCUT2D eigenvalue weighted by Crippen LogP contribution is -1.94. The Bertz CT molecular complexity index is 672. The minimum absolute atomic E-state index is 0.241. The molecule has 0 bridgehead atoms. The maximum atomic E-state index is 10.1. The van der Waals surface area contributed by atoms with Crippen LogP contribution in [0.15, 0.2) is 49.1 Å². The number of epoxide rings is 1. The molecule has 0 spiro atoms. The number of hydrogen-bond acceptors (Lipinski definition) is 3. The number of phenolic OH excluding ortho intramolecular Hbond substituents is 2. The molecule has 1 atom stereocenters. The predicted octanol–water partition coefficient (Wildman–Crippen LogP) is 3.43. The smallest absolute Gasteiger partial charge is 0.123 e. The normalized spacial score (nSPS) is 16.7. The molecule has 21 heavy (non-hydrogen) atoms. The first-order chi connectivity index (χ1) is 10.2. The Balaban J connectivity index is 1.97. The zero-order valence-electron chi connectivity index (χ0n) is 11.7. The van der Waals surface area contributed by atoms with Gasteiger partial charge in [0.15, 0.2) is 0 Å². The van der Waals surface area contributed by atoms with Crippen molar-refractivity contribution in [1.82, 2.24) is 0 Å². The van der Waals surface area contributed by atoms with Gasteiger partial charge in [-0.05, 0) is 47.4 Å². The Hall–Kier alpha value is -2.26. The number of allylic oxidation sites excluding steroid dienone is 1. The largest absolute Gasteiger partial charge is 0.508 e. The highest BCUT2D eigenvalue weighted by Gasteiger charge is 2.23. The molecule has 1 fully saturated rings. The summed E-state index contributed by atoms with van der Waals surface area (Å²) in [5.74, 6) is 0.492. The molecule has 3 rings (SSSR count). The Labute approximate surface area is 124 Å². The molecule has 0 radical (unpaired) electrons. The third-order valence-electron chi connectivity index (χ3n) is 3.68. The van der Waals surface area contributed by atoms with Crippen molar-refractivity contribution in [2.24, 2.45) is 0 Å². The lowest BCUT2D eigenvalue weighted by molar-refractivity contribution is 0.407. The highest BCUT2D eigenvalue weighted by molar-refractivity contribution is 5.72. The molecule has 1 aliphatic rings. The van der Waals surface area contributed by atoms with Crippen molar-refractivity contribution in [1.29, 1.82) is 0 Å². The molecule has 1 saturated heterocycles. The van der Waals surface area contributed by atoms with E-state index in [0.29, 0.717) is 12.5 Å². The summed E-state index contributed by atoms with van der Waals surface area (Å²) in [4.78, 5) is 0. The molecule has 108 valence electrons. The molecule has 0 aromatic heterocycles. The molecule has 3 nitrogen and oxygen atoms in total. The van der Waals surface area contributed by atoms with Crippen LogP contribution in [-0.4, -0.2) is 22.9 Å². The summed E-state index contributed by atoms with van der Waals surface area (Å²) in [5.41, 5.74) is 3.61. The van der Waals surface area contributed by atoms with E-state index in [9.17, 15) is 10.2 Å². The van der Waals surface area contributed by atoms with Crippen LogP contribution in [0.3, 0.4) is 0 Å². The molecule has 0 saturated carbocycles. The first-order valence-corrected chi connectivity index (χ1v) is 7.04. The van der Waals surface area contributed by atoms with E-state index in [0.717, 1.165) is 35.3 Å². The van der Waals surface area contributed by atoms with Gasteiger partial charge in [-0.25, -0.2) is 0 Å². The van der Waals surface area contributed by atoms with Crippen molar-refractivity contribution in [3.8, 4) is 22.6 Å². The summed E-state index contributed by atoms with van der Waals surface area (Å²) >= 11 is 0. The van der Waals surface area contributed by atoms with E-state index in [1.165, 1.54) is 0 Å². The second-order valence-corrected chi connectivity index (χ2v) is 5.35. The quantitative estimate of drug-likeness (QED) is 0.652. The maximum Gasteiger partial charge on any atom is 0.123 e. The molecule has 0 aliphatic carbocycles. The third-order valence-corrected chi connectivity index (χ3v) is 3.68. The maximum absolute atomic E-state index is 10.1. The van der Waals surface area contributed by atoms with Gasteiger partial charge in [-0.1, -0.05) is 18.2 Å². The van der Waals surface area contributed by atoms with Gasteiger partial charge >= 0.3 is 0 Å². The fraction of sp³-hybridized carbons (Fsp3) is 0.222. The van der Waals surface area contributed by atoms with Gasteiger partial charge in [-0.2, -0.15) is 0 Å². The molecule has 2 aromatic rings. The van der Waals surface area contributed by atoms with Crippen molar-refractivity contribution < 1.29 is 14.9 Å². The Morgan fingerprint density at radius 2 is 1.90 bits per heavy atom. The van der Waals surface area contributed by atoms with Gasteiger partial charge in [-0.15, -0.1) is 6.58 Å². The SMILES string of the molecule is C=CCc1cc(-c2cc(C[C@@H]3CO3)ccc2O)ccc1O. The van der Waals surface area contributed by atoms with E-state index < -0.39 is 0 Å². The van der Waals surface area contributed by atoms with E-state index in [1.807, 2.05) is 24.3 Å². The standard InChI is InChI=1S/C18H18O3/c1-2-3-14-10-13(5-7-17(14)19)16-9-12(4-6-18(16)20)8-15-11-21-15/h2,4-7,9-10,15,19-20H,1,3,8,11H2/t15-/m1/s1. The van der Waals surface area contributed by atoms with Crippen LogP contribution in [0.5, 0.6) is 11.5 Å². The Morgan fingerprint density at radius 1 is 1.14 bits per heavy atom. The summed E-state index contributed by atoms with van der Waals surface area (Å²) in [7, 11) is 0. The van der Waals surface area contributed by atoms with Gasteiger partial charge < -0.3 is 14.9 Å². The van der Waals surface area contributed by atoms with Gasteiger partial charge in [-0.3, -0.25) is 0 Å². The van der Waals surface area contributed by atoms with Crippen molar-refractivity contribution >= 4 is 0 Å². The van der Waals surface area contributed by atoms with Gasteiger partial charge in [0.05, 0.1) is 12.7 Å². The topological polar surface area (TPSA) is 53.0 Å². The van der Waals surface area contributed by atoms with Crippen LogP contribution in [0.1, 0.15) is 11.1 Å². The number of hydrogen-bond donors (Lipinski definition) is 2. The first kappa shape index (κ1) is 13.7. The van der Waals surface area contributed by atoms with Gasteiger partial charge in [0.2, 0.25) is 0 Å². The zero-order chi connectivity index (χ0) is 14.8. The molecule has 2 aromatic carbocycles. The molecular formula is C18H18O3. The van der Waals surface area contributed by atoms with Crippen molar-refractivity contribution in [2.75, 3.05) is 6.61 Å². The summed E-state index contributed by atoms with van der Waals surface area (Å²) in [6, 6.07) is 11.0. The fourth-order valence-electron chi connectivity index (χ4n) is 2.46. The van der Waals surface area contributed by atoms with Crippen LogP contribution < -0.4 is 0 Å². The van der Waals surface area contributed by atoms with Crippen LogP contribution in [0, 0.1) is 0 Å². The molecule has 1 heterocycles. The molecule has 1 aliphatic heterocycles. The highest BCUT2D eigenvalue weighted by atomic mass is 16.6. The van der Waals surface area contributed by atoms with Gasteiger partial charge in [0.1, 0.15) is 11.5 Å². The Kier molecular flexibility index (Phi) is 3.67. The second-order valence-electron chi connectivity index (χ2n) is 5.35. The van der Waals surface area contributed by atoms with E-state index in [1.54, 1.807) is 18.2 Å². The minimum atomic E-state index is 0.241. The van der Waals surface area contributed by atoms with Crippen LogP contribution >= 0.6 is 0 Å². The highest BCUT2D eigenvalue weighted by Crippen LogP contribution is 2.33. The van der Waals surface area contributed by atoms with E-state index in [-0.39, 0.29) is 11.5 Å². The fourth-order valence-corrected chi connectivity index (χ4v) is 2.46. The van der Waals surface area contributed by atoms with Crippen LogP contribution in [-0.2, 0) is 17.6 Å². The molecule has 2 N–H and O–H groups in total. The lowest BCUT2D eigenvalue weighted by atomic mass is 9.97. The van der Waals surface area contributed by atoms with E-state index in [2.05, 4.69) is 6.58 Å². The average Bonchev–Trinajstić information content (AvgIpc) is 3.28. The zero-order valence-corrected chi connectivity index (χ0v) is 11.7. The predicted molar refractivity (Wildman–Crippen MR) is 82.6 cm³/mol. The summed E-state index contributed by atoms with van der Waals surface area (Å²) in [5, 5.41) is 20.0. The van der Waals surface area contributed by atoms with Gasteiger partial charge in [0, 0.05) is 12.0 Å². The molecule has 0 amide bonds. The van der Waals surface area contributed by atoms with E-state index in [4.69, 9.17) is 4.74 Å². The second kappa shape index (κ2) is 5.62. The first-order valence-electron chi connectivity index (χ1n) is 7.04. The summed E-state index contributed by atoms with van der Waals surface area (Å²) in [6.45, 7) is 4.51. The minimum Gasteiger partial charge on any atom is -0.508 e. The Morgan fingerprint density at radius 3 is 2.62 bits per heavy atom. The molecular weight excluding hydrogens is 264 g/mol. The van der Waals surface area contributed by atoms with Crippen LogP contribution in [0.4, 0.5) is 0 Å². The van der Waals surface area contributed by atoms with E-state index >= 15 is 0 Å². The molecule has 0 unspecified atom stereocenters. The third kappa shape index (κ3) is 3.09. The summed E-state index contributed by atoms with van der Waals surface area (Å²) in [6.07, 6.45) is 3.53. The lowest BCUT2D eigenvalue weighted by Gasteiger charge is -2.10. The number of aromatic hydroxyl groups is 2. The van der Waals surface area contributed by atoms with Crippen LogP contribution in [0.25, 0.3) is 11.1 Å². The summed E-state index contributed by atoms with van der Waals surface area (Å²) < 4.78 is 5.25.